The van der Waals surface area contributed by atoms with Gasteiger partial charge in [0.05, 0.1) is 22.4 Å². The molecule has 1 aromatic rings. The Kier molecular flexibility index (Phi) is 6.20. The molecule has 2 unspecified atom stereocenters. The average Bonchev–Trinajstić information content (AvgIpc) is 2.65. The second-order valence-corrected chi connectivity index (χ2v) is 5.43. The Balaban J connectivity index is 2.88. The van der Waals surface area contributed by atoms with Gasteiger partial charge in [0.15, 0.2) is 0 Å². The number of halogens is 1. The van der Waals surface area contributed by atoms with Crippen LogP contribution < -0.4 is 5.32 Å². The molecule has 0 amide bonds. The Bertz CT molecular complexity index is 316. The molecule has 0 saturated carbocycles. The fraction of sp³-hybridized carbons (Fsp3) is 0.769. The van der Waals surface area contributed by atoms with Gasteiger partial charge in [0, 0.05) is 7.05 Å². The zero-order valence-electron chi connectivity index (χ0n) is 11.3. The maximum Gasteiger partial charge on any atom is 0.0695 e. The van der Waals surface area contributed by atoms with Gasteiger partial charge in [-0.05, 0) is 35.3 Å². The predicted molar refractivity (Wildman–Crippen MR) is 76.0 cm³/mol. The van der Waals surface area contributed by atoms with Gasteiger partial charge < -0.3 is 5.32 Å². The van der Waals surface area contributed by atoms with E-state index in [-0.39, 0.29) is 0 Å². The molecule has 0 aliphatic carbocycles. The molecule has 1 rings (SSSR count). The molecule has 0 fully saturated rings. The topological polar surface area (TPSA) is 29.9 Å². The number of rotatable bonds is 7. The van der Waals surface area contributed by atoms with Crippen molar-refractivity contribution in [3.05, 3.63) is 16.4 Å². The van der Waals surface area contributed by atoms with E-state index in [4.69, 9.17) is 0 Å². The SMILES string of the molecule is CCCCC(CC)C(NC)c1c(Br)cnn1C. The number of hydrogen-bond donors (Lipinski definition) is 1. The highest BCUT2D eigenvalue weighted by atomic mass is 79.9. The van der Waals surface area contributed by atoms with Crippen molar-refractivity contribution < 1.29 is 0 Å². The average molecular weight is 302 g/mol. The van der Waals surface area contributed by atoms with E-state index in [0.717, 1.165) is 4.47 Å². The second-order valence-electron chi connectivity index (χ2n) is 4.58. The van der Waals surface area contributed by atoms with Crippen molar-refractivity contribution in [2.75, 3.05) is 7.05 Å². The van der Waals surface area contributed by atoms with Crippen LogP contribution in [0.25, 0.3) is 0 Å². The van der Waals surface area contributed by atoms with Crippen LogP contribution in [0.5, 0.6) is 0 Å². The third kappa shape index (κ3) is 3.55. The quantitative estimate of drug-likeness (QED) is 0.833. The van der Waals surface area contributed by atoms with Crippen LogP contribution in [0.4, 0.5) is 0 Å². The molecule has 98 valence electrons. The molecule has 2 atom stereocenters. The third-order valence-corrected chi connectivity index (χ3v) is 4.08. The van der Waals surface area contributed by atoms with Crippen LogP contribution in [0.15, 0.2) is 10.7 Å². The summed E-state index contributed by atoms with van der Waals surface area (Å²) in [6.45, 7) is 4.52. The summed E-state index contributed by atoms with van der Waals surface area (Å²) in [5.41, 5.74) is 1.26. The lowest BCUT2D eigenvalue weighted by Crippen LogP contribution is -2.27. The summed E-state index contributed by atoms with van der Waals surface area (Å²) in [5, 5.41) is 7.77. The maximum atomic E-state index is 4.31. The Morgan fingerprint density at radius 3 is 2.59 bits per heavy atom. The largest absolute Gasteiger partial charge is 0.311 e. The molecule has 0 spiro atoms. The summed E-state index contributed by atoms with van der Waals surface area (Å²) in [6.07, 6.45) is 6.91. The molecule has 17 heavy (non-hydrogen) atoms. The summed E-state index contributed by atoms with van der Waals surface area (Å²) in [7, 11) is 4.05. The van der Waals surface area contributed by atoms with Crippen molar-refractivity contribution in [1.82, 2.24) is 15.1 Å². The molecule has 0 aliphatic heterocycles. The van der Waals surface area contributed by atoms with Gasteiger partial charge in [-0.25, -0.2) is 0 Å². The van der Waals surface area contributed by atoms with E-state index in [1.807, 2.05) is 25.0 Å². The van der Waals surface area contributed by atoms with E-state index in [1.165, 1.54) is 31.4 Å². The molecule has 1 N–H and O–H groups in total. The van der Waals surface area contributed by atoms with Crippen LogP contribution >= 0.6 is 15.9 Å². The number of hydrogen-bond acceptors (Lipinski definition) is 2. The van der Waals surface area contributed by atoms with Crippen molar-refractivity contribution in [3.8, 4) is 0 Å². The maximum absolute atomic E-state index is 4.31. The van der Waals surface area contributed by atoms with Gasteiger partial charge in [-0.15, -0.1) is 0 Å². The van der Waals surface area contributed by atoms with E-state index >= 15 is 0 Å². The van der Waals surface area contributed by atoms with Gasteiger partial charge in [-0.1, -0.05) is 33.1 Å². The minimum absolute atomic E-state index is 0.383. The summed E-state index contributed by atoms with van der Waals surface area (Å²) in [6, 6.07) is 0.383. The van der Waals surface area contributed by atoms with Crippen LogP contribution in [-0.2, 0) is 7.05 Å². The smallest absolute Gasteiger partial charge is 0.0695 e. The number of aryl methyl sites for hydroxylation is 1. The summed E-state index contributed by atoms with van der Waals surface area (Å²) >= 11 is 3.60. The minimum atomic E-state index is 0.383. The first-order valence-corrected chi connectivity index (χ1v) is 7.29. The zero-order chi connectivity index (χ0) is 12.8. The number of unbranched alkanes of at least 4 members (excludes halogenated alkanes) is 1. The first kappa shape index (κ1) is 14.7. The highest BCUT2D eigenvalue weighted by molar-refractivity contribution is 9.10. The lowest BCUT2D eigenvalue weighted by atomic mass is 9.89. The summed E-state index contributed by atoms with van der Waals surface area (Å²) in [4.78, 5) is 0. The van der Waals surface area contributed by atoms with Crippen molar-refractivity contribution in [3.63, 3.8) is 0 Å². The normalized spacial score (nSPS) is 14.9. The number of aromatic nitrogens is 2. The number of nitrogens with zero attached hydrogens (tertiary/aromatic N) is 2. The van der Waals surface area contributed by atoms with Crippen molar-refractivity contribution in [2.24, 2.45) is 13.0 Å². The molecule has 0 bridgehead atoms. The van der Waals surface area contributed by atoms with Gasteiger partial charge in [0.25, 0.3) is 0 Å². The molecular weight excluding hydrogens is 278 g/mol. The summed E-state index contributed by atoms with van der Waals surface area (Å²) in [5.74, 6) is 0.673. The first-order valence-electron chi connectivity index (χ1n) is 6.50. The van der Waals surface area contributed by atoms with Gasteiger partial charge in [-0.3, -0.25) is 4.68 Å². The second kappa shape index (κ2) is 7.17. The number of nitrogens with one attached hydrogen (secondary N) is 1. The Morgan fingerprint density at radius 2 is 2.18 bits per heavy atom. The van der Waals surface area contributed by atoms with E-state index in [0.29, 0.717) is 12.0 Å². The van der Waals surface area contributed by atoms with Gasteiger partial charge in [0.2, 0.25) is 0 Å². The molecule has 1 aromatic heterocycles. The highest BCUT2D eigenvalue weighted by Gasteiger charge is 2.24. The van der Waals surface area contributed by atoms with E-state index in [1.54, 1.807) is 0 Å². The van der Waals surface area contributed by atoms with Crippen molar-refractivity contribution in [1.29, 1.82) is 0 Å². The molecule has 4 heteroatoms. The minimum Gasteiger partial charge on any atom is -0.311 e. The lowest BCUT2D eigenvalue weighted by Gasteiger charge is -2.26. The van der Waals surface area contributed by atoms with Gasteiger partial charge >= 0.3 is 0 Å². The highest BCUT2D eigenvalue weighted by Crippen LogP contribution is 2.32. The van der Waals surface area contributed by atoms with Gasteiger partial charge in [-0.2, -0.15) is 5.10 Å². The van der Waals surface area contributed by atoms with Crippen LogP contribution in [0.2, 0.25) is 0 Å². The molecule has 0 radical (unpaired) electrons. The van der Waals surface area contributed by atoms with Gasteiger partial charge in [0.1, 0.15) is 0 Å². The Morgan fingerprint density at radius 1 is 1.47 bits per heavy atom. The zero-order valence-corrected chi connectivity index (χ0v) is 12.9. The van der Waals surface area contributed by atoms with Crippen molar-refractivity contribution >= 4 is 15.9 Å². The molecular formula is C13H24BrN3. The molecule has 0 aromatic carbocycles. The van der Waals surface area contributed by atoms with E-state index in [9.17, 15) is 0 Å². The first-order chi connectivity index (χ1) is 8.15. The van der Waals surface area contributed by atoms with Crippen molar-refractivity contribution in [2.45, 2.75) is 45.6 Å². The Hall–Kier alpha value is -0.350. The third-order valence-electron chi connectivity index (χ3n) is 3.47. The monoisotopic (exact) mass is 301 g/mol. The van der Waals surface area contributed by atoms with Crippen LogP contribution in [-0.4, -0.2) is 16.8 Å². The Labute approximate surface area is 113 Å². The van der Waals surface area contributed by atoms with Crippen LogP contribution in [0.3, 0.4) is 0 Å². The molecule has 3 nitrogen and oxygen atoms in total. The standard InChI is InChI=1S/C13H24BrN3/c1-5-7-8-10(6-2)12(15-3)13-11(14)9-16-17(13)4/h9-10,12,15H,5-8H2,1-4H3. The molecule has 0 aliphatic rings. The molecule has 1 heterocycles. The molecule has 0 saturated heterocycles. The fourth-order valence-electron chi connectivity index (χ4n) is 2.44. The van der Waals surface area contributed by atoms with Crippen LogP contribution in [0, 0.1) is 5.92 Å². The van der Waals surface area contributed by atoms with E-state index in [2.05, 4.69) is 40.2 Å². The fourth-order valence-corrected chi connectivity index (χ4v) is 3.03. The predicted octanol–water partition coefficient (Wildman–Crippen LogP) is 3.66. The summed E-state index contributed by atoms with van der Waals surface area (Å²) < 4.78 is 3.08. The lowest BCUT2D eigenvalue weighted by molar-refractivity contribution is 0.324. The van der Waals surface area contributed by atoms with Crippen LogP contribution in [0.1, 0.15) is 51.3 Å². The van der Waals surface area contributed by atoms with E-state index < -0.39 is 0 Å².